The first kappa shape index (κ1) is 18.2. The van der Waals surface area contributed by atoms with Crippen LogP contribution in [0.2, 0.25) is 0 Å². The van der Waals surface area contributed by atoms with Gasteiger partial charge in [-0.05, 0) is 17.5 Å². The van der Waals surface area contributed by atoms with Crippen LogP contribution in [-0.2, 0) is 6.54 Å². The zero-order valence-electron chi connectivity index (χ0n) is 14.6. The van der Waals surface area contributed by atoms with Crippen LogP contribution in [0.15, 0.2) is 60.7 Å². The van der Waals surface area contributed by atoms with Crippen molar-refractivity contribution in [3.05, 3.63) is 71.8 Å². The summed E-state index contributed by atoms with van der Waals surface area (Å²) in [6.07, 6.45) is 4.26. The first-order valence-electron chi connectivity index (χ1n) is 8.39. The molecule has 0 bridgehead atoms. The Morgan fingerprint density at radius 2 is 1.79 bits per heavy atom. The fraction of sp³-hybridized carbons (Fsp3) is 0.333. The molecule has 0 aliphatic carbocycles. The lowest BCUT2D eigenvalue weighted by molar-refractivity contribution is 0.178. The molecule has 128 valence electrons. The topological polar surface area (TPSA) is 32.7 Å². The Morgan fingerprint density at radius 1 is 1.08 bits per heavy atom. The van der Waals surface area contributed by atoms with Gasteiger partial charge in [-0.25, -0.2) is 0 Å². The third kappa shape index (κ3) is 5.84. The Kier molecular flexibility index (Phi) is 7.53. The van der Waals surface area contributed by atoms with Crippen LogP contribution in [0.3, 0.4) is 0 Å². The van der Waals surface area contributed by atoms with Gasteiger partial charge in [-0.15, -0.1) is 0 Å². The van der Waals surface area contributed by atoms with Crippen molar-refractivity contribution in [2.45, 2.75) is 13.5 Å². The minimum Gasteiger partial charge on any atom is -0.496 e. The van der Waals surface area contributed by atoms with Crippen LogP contribution in [0.5, 0.6) is 5.75 Å². The molecule has 3 heteroatoms. The summed E-state index contributed by atoms with van der Waals surface area (Å²) in [5.41, 5.74) is 2.36. The molecule has 3 nitrogen and oxygen atoms in total. The highest BCUT2D eigenvalue weighted by atomic mass is 16.5. The van der Waals surface area contributed by atoms with E-state index in [0.29, 0.717) is 0 Å². The van der Waals surface area contributed by atoms with Crippen LogP contribution in [0, 0.1) is 5.92 Å². The fourth-order valence-electron chi connectivity index (χ4n) is 2.68. The predicted molar refractivity (Wildman–Crippen MR) is 100.0 cm³/mol. The van der Waals surface area contributed by atoms with E-state index in [9.17, 15) is 5.11 Å². The van der Waals surface area contributed by atoms with Crippen LogP contribution in [0.1, 0.15) is 18.1 Å². The highest BCUT2D eigenvalue weighted by molar-refractivity contribution is 5.57. The summed E-state index contributed by atoms with van der Waals surface area (Å²) in [5.74, 6) is 1.14. The molecule has 2 rings (SSSR count). The molecule has 0 heterocycles. The molecule has 0 aliphatic rings. The van der Waals surface area contributed by atoms with E-state index in [1.165, 1.54) is 5.56 Å². The quantitative estimate of drug-likeness (QED) is 0.760. The lowest BCUT2D eigenvalue weighted by atomic mass is 10.1. The Labute approximate surface area is 145 Å². The molecular formula is C21H27NO2. The first-order valence-corrected chi connectivity index (χ1v) is 8.39. The van der Waals surface area contributed by atoms with E-state index in [-0.39, 0.29) is 12.5 Å². The zero-order chi connectivity index (χ0) is 17.2. The number of aliphatic hydroxyl groups is 1. The molecule has 0 fully saturated rings. The third-order valence-electron chi connectivity index (χ3n) is 3.93. The summed E-state index contributed by atoms with van der Waals surface area (Å²) in [5, 5.41) is 9.36. The second kappa shape index (κ2) is 9.91. The second-order valence-electron chi connectivity index (χ2n) is 6.11. The molecule has 1 atom stereocenters. The van der Waals surface area contributed by atoms with Gasteiger partial charge in [0.1, 0.15) is 5.75 Å². The van der Waals surface area contributed by atoms with Gasteiger partial charge in [-0.2, -0.15) is 0 Å². The van der Waals surface area contributed by atoms with Crippen molar-refractivity contribution in [2.24, 2.45) is 5.92 Å². The Morgan fingerprint density at radius 3 is 2.50 bits per heavy atom. The number of ether oxygens (including phenoxy) is 1. The molecule has 0 amide bonds. The monoisotopic (exact) mass is 325 g/mol. The lowest BCUT2D eigenvalue weighted by Gasteiger charge is -2.23. The SMILES string of the molecule is COc1ccccc1/C=C/CN(Cc1ccccc1)C[C@H](C)CO. The summed E-state index contributed by atoms with van der Waals surface area (Å²) in [6, 6.07) is 18.4. The van der Waals surface area contributed by atoms with Crippen molar-refractivity contribution >= 4 is 6.08 Å². The molecule has 0 spiro atoms. The lowest BCUT2D eigenvalue weighted by Crippen LogP contribution is -2.29. The standard InChI is InChI=1S/C21H27NO2/c1-18(17-23)15-22(16-19-9-4-3-5-10-19)14-8-12-20-11-6-7-13-21(20)24-2/h3-13,18,23H,14-17H2,1-2H3/b12-8+/t18-/m0/s1. The summed E-state index contributed by atoms with van der Waals surface area (Å²) in [6.45, 7) is 4.85. The van der Waals surface area contributed by atoms with E-state index < -0.39 is 0 Å². The van der Waals surface area contributed by atoms with Crippen LogP contribution in [0.4, 0.5) is 0 Å². The van der Waals surface area contributed by atoms with Crippen molar-refractivity contribution in [1.82, 2.24) is 4.90 Å². The molecule has 24 heavy (non-hydrogen) atoms. The number of rotatable bonds is 9. The maximum absolute atomic E-state index is 9.36. The number of methoxy groups -OCH3 is 1. The van der Waals surface area contributed by atoms with Gasteiger partial charge in [-0.1, -0.05) is 67.6 Å². The molecule has 0 radical (unpaired) electrons. The van der Waals surface area contributed by atoms with Gasteiger partial charge in [0.2, 0.25) is 0 Å². The van der Waals surface area contributed by atoms with Crippen LogP contribution in [-0.4, -0.2) is 36.8 Å². The predicted octanol–water partition coefficient (Wildman–Crippen LogP) is 3.84. The average molecular weight is 325 g/mol. The minimum atomic E-state index is 0.210. The maximum atomic E-state index is 9.36. The summed E-state index contributed by atoms with van der Waals surface area (Å²) in [7, 11) is 1.69. The molecule has 0 saturated heterocycles. The maximum Gasteiger partial charge on any atom is 0.126 e. The van der Waals surface area contributed by atoms with Gasteiger partial charge in [-0.3, -0.25) is 4.90 Å². The Bertz CT molecular complexity index is 625. The van der Waals surface area contributed by atoms with Gasteiger partial charge in [0.25, 0.3) is 0 Å². The summed E-state index contributed by atoms with van der Waals surface area (Å²) >= 11 is 0. The number of nitrogens with zero attached hydrogens (tertiary/aromatic N) is 1. The zero-order valence-corrected chi connectivity index (χ0v) is 14.6. The Balaban J connectivity index is 2.03. The number of aliphatic hydroxyl groups excluding tert-OH is 1. The molecular weight excluding hydrogens is 298 g/mol. The second-order valence-corrected chi connectivity index (χ2v) is 6.11. The van der Waals surface area contributed by atoms with Crippen molar-refractivity contribution in [2.75, 3.05) is 26.8 Å². The minimum absolute atomic E-state index is 0.210. The normalized spacial score (nSPS) is 12.7. The summed E-state index contributed by atoms with van der Waals surface area (Å²) in [4.78, 5) is 2.35. The van der Waals surface area contributed by atoms with Crippen molar-refractivity contribution < 1.29 is 9.84 Å². The number of hydrogen-bond donors (Lipinski definition) is 1. The van der Waals surface area contributed by atoms with E-state index in [2.05, 4.69) is 48.2 Å². The molecule has 2 aromatic carbocycles. The highest BCUT2D eigenvalue weighted by Crippen LogP contribution is 2.18. The van der Waals surface area contributed by atoms with E-state index in [4.69, 9.17) is 4.74 Å². The van der Waals surface area contributed by atoms with Gasteiger partial charge in [0.15, 0.2) is 0 Å². The fourth-order valence-corrected chi connectivity index (χ4v) is 2.68. The smallest absolute Gasteiger partial charge is 0.126 e. The number of benzene rings is 2. The van der Waals surface area contributed by atoms with E-state index in [0.717, 1.165) is 30.9 Å². The highest BCUT2D eigenvalue weighted by Gasteiger charge is 2.09. The molecule has 0 aromatic heterocycles. The van der Waals surface area contributed by atoms with Gasteiger partial charge in [0, 0.05) is 31.8 Å². The van der Waals surface area contributed by atoms with E-state index >= 15 is 0 Å². The van der Waals surface area contributed by atoms with Crippen molar-refractivity contribution in [3.8, 4) is 5.75 Å². The average Bonchev–Trinajstić information content (AvgIpc) is 2.62. The first-order chi connectivity index (χ1) is 11.7. The van der Waals surface area contributed by atoms with Crippen molar-refractivity contribution in [1.29, 1.82) is 0 Å². The van der Waals surface area contributed by atoms with E-state index in [1.807, 2.05) is 30.3 Å². The molecule has 0 unspecified atom stereocenters. The number of hydrogen-bond acceptors (Lipinski definition) is 3. The third-order valence-corrected chi connectivity index (χ3v) is 3.93. The molecule has 0 aliphatic heterocycles. The van der Waals surface area contributed by atoms with Gasteiger partial charge < -0.3 is 9.84 Å². The largest absolute Gasteiger partial charge is 0.496 e. The van der Waals surface area contributed by atoms with E-state index in [1.54, 1.807) is 7.11 Å². The number of para-hydroxylation sites is 1. The van der Waals surface area contributed by atoms with Gasteiger partial charge in [0.05, 0.1) is 7.11 Å². The molecule has 2 aromatic rings. The van der Waals surface area contributed by atoms with Gasteiger partial charge >= 0.3 is 0 Å². The molecule has 1 N–H and O–H groups in total. The van der Waals surface area contributed by atoms with Crippen LogP contribution >= 0.6 is 0 Å². The van der Waals surface area contributed by atoms with Crippen LogP contribution < -0.4 is 4.74 Å². The Hall–Kier alpha value is -2.10. The van der Waals surface area contributed by atoms with Crippen LogP contribution in [0.25, 0.3) is 6.08 Å². The van der Waals surface area contributed by atoms with Crippen molar-refractivity contribution in [3.63, 3.8) is 0 Å². The summed E-state index contributed by atoms with van der Waals surface area (Å²) < 4.78 is 5.38. The molecule has 0 saturated carbocycles.